The van der Waals surface area contributed by atoms with Gasteiger partial charge in [0.2, 0.25) is 0 Å². The van der Waals surface area contributed by atoms with Crippen LogP contribution in [-0.4, -0.2) is 17.6 Å². The van der Waals surface area contributed by atoms with Gasteiger partial charge in [-0.3, -0.25) is 4.98 Å². The van der Waals surface area contributed by atoms with Gasteiger partial charge in [-0.1, -0.05) is 6.92 Å². The Hall–Kier alpha value is -1.09. The second-order valence-corrected chi connectivity index (χ2v) is 3.72. The Labute approximate surface area is 85.3 Å². The Morgan fingerprint density at radius 2 is 2.14 bits per heavy atom. The van der Waals surface area contributed by atoms with E-state index in [1.54, 1.807) is 12.4 Å². The van der Waals surface area contributed by atoms with Gasteiger partial charge in [0.15, 0.2) is 0 Å². The molecule has 0 spiro atoms. The molecule has 1 heterocycles. The highest BCUT2D eigenvalue weighted by atomic mass is 16.5. The van der Waals surface area contributed by atoms with E-state index >= 15 is 0 Å². The Balaban J connectivity index is 2.91. The van der Waals surface area contributed by atoms with Gasteiger partial charge >= 0.3 is 0 Å². The van der Waals surface area contributed by atoms with Crippen molar-refractivity contribution in [2.75, 3.05) is 6.54 Å². The second-order valence-electron chi connectivity index (χ2n) is 3.72. The van der Waals surface area contributed by atoms with E-state index in [1.807, 2.05) is 19.9 Å². The highest BCUT2D eigenvalue weighted by molar-refractivity contribution is 5.33. The third-order valence-corrected chi connectivity index (χ3v) is 2.06. The molecule has 1 aromatic heterocycles. The van der Waals surface area contributed by atoms with E-state index in [4.69, 9.17) is 10.5 Å². The van der Waals surface area contributed by atoms with Gasteiger partial charge in [-0.15, -0.1) is 0 Å². The average Bonchev–Trinajstić information content (AvgIpc) is 2.16. The molecular formula is C11H18N2O. The summed E-state index contributed by atoms with van der Waals surface area (Å²) in [6.07, 6.45) is 3.69. The SMILES string of the molecule is CC(C)Oc1cnccc1C(C)CN. The molecule has 0 saturated heterocycles. The average molecular weight is 194 g/mol. The molecule has 1 unspecified atom stereocenters. The van der Waals surface area contributed by atoms with Crippen LogP contribution in [0.3, 0.4) is 0 Å². The van der Waals surface area contributed by atoms with E-state index in [0.717, 1.165) is 11.3 Å². The van der Waals surface area contributed by atoms with E-state index < -0.39 is 0 Å². The number of pyridine rings is 1. The summed E-state index contributed by atoms with van der Waals surface area (Å²) in [5.41, 5.74) is 6.76. The standard InChI is InChI=1S/C11H18N2O/c1-8(2)14-11-7-13-5-4-10(11)9(3)6-12/h4-5,7-9H,6,12H2,1-3H3. The molecule has 1 rings (SSSR count). The number of ether oxygens (including phenoxy) is 1. The summed E-state index contributed by atoms with van der Waals surface area (Å²) in [7, 11) is 0. The maximum Gasteiger partial charge on any atom is 0.141 e. The van der Waals surface area contributed by atoms with E-state index in [9.17, 15) is 0 Å². The van der Waals surface area contributed by atoms with Crippen molar-refractivity contribution in [3.8, 4) is 5.75 Å². The van der Waals surface area contributed by atoms with Crippen LogP contribution in [-0.2, 0) is 0 Å². The van der Waals surface area contributed by atoms with Gasteiger partial charge in [-0.2, -0.15) is 0 Å². The molecular weight excluding hydrogens is 176 g/mol. The minimum absolute atomic E-state index is 0.169. The number of aromatic nitrogens is 1. The maximum atomic E-state index is 5.65. The quantitative estimate of drug-likeness (QED) is 0.796. The molecule has 2 N–H and O–H groups in total. The zero-order valence-corrected chi connectivity index (χ0v) is 9.03. The van der Waals surface area contributed by atoms with Crippen LogP contribution in [0.2, 0.25) is 0 Å². The topological polar surface area (TPSA) is 48.1 Å². The van der Waals surface area contributed by atoms with E-state index in [0.29, 0.717) is 12.5 Å². The van der Waals surface area contributed by atoms with Gasteiger partial charge in [-0.05, 0) is 32.4 Å². The molecule has 3 heteroatoms. The van der Waals surface area contributed by atoms with Crippen LogP contribution < -0.4 is 10.5 Å². The first-order valence-electron chi connectivity index (χ1n) is 4.95. The van der Waals surface area contributed by atoms with Gasteiger partial charge in [0.1, 0.15) is 5.75 Å². The normalized spacial score (nSPS) is 12.9. The largest absolute Gasteiger partial charge is 0.489 e. The summed E-state index contributed by atoms with van der Waals surface area (Å²) in [6.45, 7) is 6.72. The maximum absolute atomic E-state index is 5.65. The molecule has 0 amide bonds. The Morgan fingerprint density at radius 1 is 1.43 bits per heavy atom. The first kappa shape index (κ1) is 11.0. The molecule has 0 aliphatic carbocycles. The molecule has 3 nitrogen and oxygen atoms in total. The zero-order valence-electron chi connectivity index (χ0n) is 9.03. The Bertz CT molecular complexity index is 286. The van der Waals surface area contributed by atoms with Gasteiger partial charge < -0.3 is 10.5 Å². The van der Waals surface area contributed by atoms with Crippen LogP contribution in [0.4, 0.5) is 0 Å². The van der Waals surface area contributed by atoms with Crippen LogP contribution in [0.5, 0.6) is 5.75 Å². The van der Waals surface area contributed by atoms with Gasteiger partial charge in [0.05, 0.1) is 12.3 Å². The van der Waals surface area contributed by atoms with Crippen molar-refractivity contribution >= 4 is 0 Å². The highest BCUT2D eigenvalue weighted by Crippen LogP contribution is 2.25. The molecule has 0 radical (unpaired) electrons. The number of rotatable bonds is 4. The monoisotopic (exact) mass is 194 g/mol. The molecule has 0 fully saturated rings. The first-order valence-corrected chi connectivity index (χ1v) is 4.95. The lowest BCUT2D eigenvalue weighted by molar-refractivity contribution is 0.238. The summed E-state index contributed by atoms with van der Waals surface area (Å²) in [5, 5.41) is 0. The number of hydrogen-bond acceptors (Lipinski definition) is 3. The predicted octanol–water partition coefficient (Wildman–Crippen LogP) is 1.93. The van der Waals surface area contributed by atoms with Crippen molar-refractivity contribution in [1.82, 2.24) is 4.98 Å². The number of nitrogens with zero attached hydrogens (tertiary/aromatic N) is 1. The number of hydrogen-bond donors (Lipinski definition) is 1. The lowest BCUT2D eigenvalue weighted by Gasteiger charge is -2.16. The second kappa shape index (κ2) is 4.96. The summed E-state index contributed by atoms with van der Waals surface area (Å²) in [5.74, 6) is 1.16. The van der Waals surface area contributed by atoms with Crippen molar-refractivity contribution in [1.29, 1.82) is 0 Å². The van der Waals surface area contributed by atoms with E-state index in [1.165, 1.54) is 0 Å². The van der Waals surface area contributed by atoms with Crippen molar-refractivity contribution in [2.24, 2.45) is 5.73 Å². The van der Waals surface area contributed by atoms with Crippen LogP contribution in [0, 0.1) is 0 Å². The van der Waals surface area contributed by atoms with Crippen LogP contribution in [0.15, 0.2) is 18.5 Å². The summed E-state index contributed by atoms with van der Waals surface area (Å²) < 4.78 is 5.65. The van der Waals surface area contributed by atoms with Crippen LogP contribution in [0.25, 0.3) is 0 Å². The third-order valence-electron chi connectivity index (χ3n) is 2.06. The fourth-order valence-electron chi connectivity index (χ4n) is 1.28. The Kier molecular flexibility index (Phi) is 3.89. The highest BCUT2D eigenvalue weighted by Gasteiger charge is 2.10. The minimum atomic E-state index is 0.169. The van der Waals surface area contributed by atoms with Crippen molar-refractivity contribution in [3.05, 3.63) is 24.0 Å². The molecule has 0 saturated carbocycles. The molecule has 0 aliphatic rings. The number of nitrogens with two attached hydrogens (primary N) is 1. The lowest BCUT2D eigenvalue weighted by atomic mass is 10.0. The van der Waals surface area contributed by atoms with E-state index in [-0.39, 0.29) is 6.10 Å². The molecule has 1 atom stereocenters. The smallest absolute Gasteiger partial charge is 0.141 e. The first-order chi connectivity index (χ1) is 6.65. The van der Waals surface area contributed by atoms with Gasteiger partial charge in [0, 0.05) is 11.8 Å². The molecule has 1 aromatic rings. The molecule has 14 heavy (non-hydrogen) atoms. The fourth-order valence-corrected chi connectivity index (χ4v) is 1.28. The predicted molar refractivity (Wildman–Crippen MR) is 57.5 cm³/mol. The molecule has 0 bridgehead atoms. The summed E-state index contributed by atoms with van der Waals surface area (Å²) >= 11 is 0. The third kappa shape index (κ3) is 2.70. The molecule has 78 valence electrons. The molecule has 0 aliphatic heterocycles. The minimum Gasteiger partial charge on any atom is -0.489 e. The van der Waals surface area contributed by atoms with E-state index in [2.05, 4.69) is 11.9 Å². The van der Waals surface area contributed by atoms with Gasteiger partial charge in [0.25, 0.3) is 0 Å². The van der Waals surface area contributed by atoms with Crippen LogP contribution >= 0.6 is 0 Å². The summed E-state index contributed by atoms with van der Waals surface area (Å²) in [4.78, 5) is 4.05. The zero-order chi connectivity index (χ0) is 10.6. The molecule has 0 aromatic carbocycles. The lowest BCUT2D eigenvalue weighted by Crippen LogP contribution is -2.13. The fraction of sp³-hybridized carbons (Fsp3) is 0.545. The van der Waals surface area contributed by atoms with Crippen molar-refractivity contribution in [2.45, 2.75) is 32.8 Å². The van der Waals surface area contributed by atoms with Crippen molar-refractivity contribution in [3.63, 3.8) is 0 Å². The van der Waals surface area contributed by atoms with Crippen LogP contribution in [0.1, 0.15) is 32.3 Å². The Morgan fingerprint density at radius 3 is 2.71 bits per heavy atom. The van der Waals surface area contributed by atoms with Crippen molar-refractivity contribution < 1.29 is 4.74 Å². The summed E-state index contributed by atoms with van der Waals surface area (Å²) in [6, 6.07) is 1.97. The van der Waals surface area contributed by atoms with Gasteiger partial charge in [-0.25, -0.2) is 0 Å².